The van der Waals surface area contributed by atoms with Crippen molar-refractivity contribution in [2.75, 3.05) is 0 Å². The maximum absolute atomic E-state index is 9.32. The van der Waals surface area contributed by atoms with Gasteiger partial charge in [0.05, 0.1) is 11.0 Å². The number of hydrogen-bond donors (Lipinski definition) is 1. The van der Waals surface area contributed by atoms with Gasteiger partial charge in [0, 0.05) is 47.6 Å². The van der Waals surface area contributed by atoms with E-state index in [1.807, 2.05) is 84.9 Å². The second-order valence-corrected chi connectivity index (χ2v) is 23.3. The predicted octanol–water partition coefficient (Wildman–Crippen LogP) is 22.6. The van der Waals surface area contributed by atoms with E-state index in [0.29, 0.717) is 17.2 Å². The third kappa shape index (κ3) is 9.85. The van der Waals surface area contributed by atoms with Gasteiger partial charge in [0.15, 0.2) is 0 Å². The molecule has 0 saturated heterocycles. The van der Waals surface area contributed by atoms with E-state index in [0.717, 1.165) is 93.8 Å². The number of aromatic nitrogens is 2. The van der Waals surface area contributed by atoms with E-state index >= 15 is 0 Å². The number of fused-ring (bicyclic) bond motifs is 12. The van der Waals surface area contributed by atoms with Gasteiger partial charge in [0.2, 0.25) is 11.4 Å². The van der Waals surface area contributed by atoms with Crippen LogP contribution in [0, 0.1) is 0 Å². The molecule has 1 radical (unpaired) electrons. The van der Waals surface area contributed by atoms with Crippen molar-refractivity contribution in [3.63, 3.8) is 0 Å². The lowest BCUT2D eigenvalue weighted by molar-refractivity contribution is 0.459. The van der Waals surface area contributed by atoms with Crippen molar-refractivity contribution < 1.29 is 18.5 Å². The van der Waals surface area contributed by atoms with Gasteiger partial charge < -0.3 is 18.5 Å². The molecule has 4 heterocycles. The fourth-order valence-electron chi connectivity index (χ4n) is 13.0. The molecule has 18 rings (SSSR count). The molecule has 0 spiro atoms. The quantitative estimate of drug-likeness (QED) is 0.126. The van der Waals surface area contributed by atoms with Gasteiger partial charge in [-0.05, 0) is 143 Å². The van der Waals surface area contributed by atoms with Gasteiger partial charge in [-0.25, -0.2) is 9.97 Å². The molecule has 90 heavy (non-hydrogen) atoms. The average Bonchev–Trinajstić information content (AvgIpc) is 0.789. The molecule has 18 aromatic rings. The van der Waals surface area contributed by atoms with Crippen molar-refractivity contribution in [2.45, 2.75) is 0 Å². The van der Waals surface area contributed by atoms with E-state index in [9.17, 15) is 5.02 Å². The van der Waals surface area contributed by atoms with Crippen molar-refractivity contribution in [1.82, 2.24) is 9.97 Å². The molecule has 14 aromatic carbocycles. The zero-order valence-electron chi connectivity index (χ0n) is 48.4. The van der Waals surface area contributed by atoms with Crippen molar-refractivity contribution >= 4 is 133 Å². The summed E-state index contributed by atoms with van der Waals surface area (Å²) in [6, 6.07) is 106. The lowest BCUT2D eigenvalue weighted by Crippen LogP contribution is -2.01. The normalized spacial score (nSPS) is 11.4. The summed E-state index contributed by atoms with van der Waals surface area (Å²) in [7, 11) is 0.753. The van der Waals surface area contributed by atoms with Gasteiger partial charge >= 0.3 is 7.69 Å². The molecule has 1 N–H and O–H groups in total. The SMILES string of the molecule is Brc1ccc2oc3nc4ccccc4cc3c2c1.O[B]Oc1c2ccccc2c(-c2ccc(-c3ccccc3)cc2)c2ccccc12.c1ccc(-c2ccc(-c3c4ccccc4c(-c4ccc5oc6nc7ccccc7cc6c5c4)c4ccccc34)cc2)cc1. The molecule has 0 aliphatic rings. The molecule has 0 bridgehead atoms. The standard InChI is InChI=1S/C41H25NO.C26H18BO2.C15H8BrNO/c1-2-10-26(11-3-1)27-18-20-28(21-19-27)39-31-13-5-7-15-33(31)40(34-16-8-6-14-32(34)39)30-22-23-38-35(25-30)36-24-29-12-4-9-17-37(29)42-41(36)43-38;28-27-29-26-23-12-6-4-10-21(23)25(22-11-5-7-13-24(22)26)20-16-14-19(15-17-20)18-8-2-1-3-9-18;16-10-5-6-14-11(8-10)12-7-9-3-1-2-4-13(9)17-15(12)18-14/h1-25H;1-17,28H;1-8H. The third-order valence-electron chi connectivity index (χ3n) is 17.1. The highest BCUT2D eigenvalue weighted by Gasteiger charge is 2.20. The molecular formula is C82H51BBrN2O4. The van der Waals surface area contributed by atoms with Crippen LogP contribution in [0.5, 0.6) is 5.75 Å². The minimum Gasteiger partial charge on any atom is -0.537 e. The van der Waals surface area contributed by atoms with Gasteiger partial charge in [-0.2, -0.15) is 0 Å². The van der Waals surface area contributed by atoms with Crippen LogP contribution in [0.4, 0.5) is 0 Å². The topological polar surface area (TPSA) is 81.5 Å². The lowest BCUT2D eigenvalue weighted by atomic mass is 9.85. The maximum Gasteiger partial charge on any atom is 0.569 e. The van der Waals surface area contributed by atoms with E-state index in [-0.39, 0.29) is 0 Å². The monoisotopic (exact) mass is 1220 g/mol. The molecule has 0 saturated carbocycles. The molecule has 6 nitrogen and oxygen atoms in total. The molecule has 423 valence electrons. The van der Waals surface area contributed by atoms with E-state index < -0.39 is 0 Å². The van der Waals surface area contributed by atoms with Crippen LogP contribution in [0.3, 0.4) is 0 Å². The van der Waals surface area contributed by atoms with Crippen LogP contribution in [0.2, 0.25) is 0 Å². The highest BCUT2D eigenvalue weighted by atomic mass is 79.9. The number of halogens is 1. The predicted molar refractivity (Wildman–Crippen MR) is 378 cm³/mol. The van der Waals surface area contributed by atoms with Crippen molar-refractivity contribution in [3.8, 4) is 61.4 Å². The Morgan fingerprint density at radius 1 is 0.289 bits per heavy atom. The minimum atomic E-state index is 0.670. The number of para-hydroxylation sites is 2. The summed E-state index contributed by atoms with van der Waals surface area (Å²) in [5.74, 6) is 0.670. The molecule has 0 unspecified atom stereocenters. The summed E-state index contributed by atoms with van der Waals surface area (Å²) in [5.41, 5.74) is 17.0. The smallest absolute Gasteiger partial charge is 0.537 e. The largest absolute Gasteiger partial charge is 0.569 e. The average molecular weight is 1220 g/mol. The van der Waals surface area contributed by atoms with E-state index in [2.05, 4.69) is 239 Å². The van der Waals surface area contributed by atoms with Crippen LogP contribution in [0.1, 0.15) is 0 Å². The van der Waals surface area contributed by atoms with Crippen LogP contribution < -0.4 is 4.65 Å². The second-order valence-electron chi connectivity index (χ2n) is 22.4. The molecule has 0 aliphatic heterocycles. The Hall–Kier alpha value is -11.2. The minimum absolute atomic E-state index is 0.670. The van der Waals surface area contributed by atoms with E-state index in [1.54, 1.807) is 0 Å². The highest BCUT2D eigenvalue weighted by molar-refractivity contribution is 9.10. The highest BCUT2D eigenvalue weighted by Crippen LogP contribution is 2.47. The van der Waals surface area contributed by atoms with Gasteiger partial charge in [0.25, 0.3) is 0 Å². The summed E-state index contributed by atoms with van der Waals surface area (Å²) in [6.07, 6.45) is 0. The van der Waals surface area contributed by atoms with E-state index in [4.69, 9.17) is 18.5 Å². The summed E-state index contributed by atoms with van der Waals surface area (Å²) >= 11 is 3.49. The van der Waals surface area contributed by atoms with E-state index in [1.165, 1.54) is 71.6 Å². The summed E-state index contributed by atoms with van der Waals surface area (Å²) in [6.45, 7) is 0. The number of nitrogens with zero attached hydrogens (tertiary/aromatic N) is 2. The molecule has 0 amide bonds. The Labute approximate surface area is 527 Å². The molecule has 0 aliphatic carbocycles. The Morgan fingerprint density at radius 2 is 0.622 bits per heavy atom. The number of rotatable bonds is 7. The maximum atomic E-state index is 9.32. The third-order valence-corrected chi connectivity index (χ3v) is 17.6. The van der Waals surface area contributed by atoms with Crippen LogP contribution >= 0.6 is 15.9 Å². The van der Waals surface area contributed by atoms with Crippen LogP contribution in [-0.4, -0.2) is 22.7 Å². The van der Waals surface area contributed by atoms with Gasteiger partial charge in [-0.1, -0.05) is 265 Å². The first kappa shape index (κ1) is 54.3. The van der Waals surface area contributed by atoms with Gasteiger partial charge in [-0.15, -0.1) is 0 Å². The fourth-order valence-corrected chi connectivity index (χ4v) is 13.3. The molecule has 0 atom stereocenters. The first-order chi connectivity index (χ1) is 44.5. The zero-order chi connectivity index (χ0) is 60.1. The number of benzene rings is 14. The lowest BCUT2D eigenvalue weighted by Gasteiger charge is -2.18. The Kier molecular flexibility index (Phi) is 14.0. The Morgan fingerprint density at radius 3 is 1.07 bits per heavy atom. The summed E-state index contributed by atoms with van der Waals surface area (Å²) in [5, 5.41) is 24.9. The first-order valence-electron chi connectivity index (χ1n) is 29.9. The molecular weight excluding hydrogens is 1170 g/mol. The van der Waals surface area contributed by atoms with Crippen LogP contribution in [-0.2, 0) is 0 Å². The Bertz CT molecular complexity index is 5640. The summed E-state index contributed by atoms with van der Waals surface area (Å²) in [4.78, 5) is 9.38. The van der Waals surface area contributed by atoms with Crippen molar-refractivity contribution in [2.24, 2.45) is 0 Å². The Balaban J connectivity index is 0.000000118. The van der Waals surface area contributed by atoms with Gasteiger partial charge in [0.1, 0.15) is 16.9 Å². The number of pyridine rings is 2. The van der Waals surface area contributed by atoms with Crippen molar-refractivity contribution in [3.05, 3.63) is 308 Å². The molecule has 8 heteroatoms. The van der Waals surface area contributed by atoms with Crippen LogP contribution in [0.25, 0.3) is 165 Å². The summed E-state index contributed by atoms with van der Waals surface area (Å²) < 4.78 is 18.6. The molecule has 4 aromatic heterocycles. The molecule has 0 fully saturated rings. The van der Waals surface area contributed by atoms with Gasteiger partial charge in [-0.3, -0.25) is 0 Å². The zero-order valence-corrected chi connectivity index (χ0v) is 50.0. The number of hydrogen-bond acceptors (Lipinski definition) is 6. The fraction of sp³-hybridized carbons (Fsp3) is 0. The van der Waals surface area contributed by atoms with Crippen LogP contribution in [0.15, 0.2) is 317 Å². The van der Waals surface area contributed by atoms with Crippen molar-refractivity contribution in [1.29, 1.82) is 0 Å². The second kappa shape index (κ2) is 23.2. The first-order valence-corrected chi connectivity index (χ1v) is 30.7. The number of furan rings is 2.